The molecule has 0 aliphatic rings. The lowest BCUT2D eigenvalue weighted by molar-refractivity contribution is 0.340. The van der Waals surface area contributed by atoms with Gasteiger partial charge in [-0.3, -0.25) is 0 Å². The van der Waals surface area contributed by atoms with Gasteiger partial charge in [-0.2, -0.15) is 0 Å². The topological polar surface area (TPSA) is 46.6 Å². The average molecular weight is 271 g/mol. The Labute approximate surface area is 110 Å². The highest BCUT2D eigenvalue weighted by Gasteiger charge is 2.19. The summed E-state index contributed by atoms with van der Waals surface area (Å²) in [5.41, 5.74) is 0. The molecule has 0 saturated carbocycles. The van der Waals surface area contributed by atoms with Crippen LogP contribution in [0.2, 0.25) is 0 Å². The van der Waals surface area contributed by atoms with E-state index >= 15 is 0 Å². The second-order valence-electron chi connectivity index (χ2n) is 4.08. The van der Waals surface area contributed by atoms with Gasteiger partial charge in [-0.25, -0.2) is 12.7 Å². The Kier molecular flexibility index (Phi) is 5.62. The van der Waals surface area contributed by atoms with Gasteiger partial charge in [-0.15, -0.1) is 0 Å². The van der Waals surface area contributed by atoms with E-state index in [0.29, 0.717) is 23.8 Å². The molecule has 5 heteroatoms. The van der Waals surface area contributed by atoms with Crippen molar-refractivity contribution in [3.63, 3.8) is 0 Å². The third-order valence-electron chi connectivity index (χ3n) is 2.67. The molecule has 0 fully saturated rings. The fourth-order valence-corrected chi connectivity index (χ4v) is 2.76. The van der Waals surface area contributed by atoms with Crippen LogP contribution in [0.4, 0.5) is 0 Å². The van der Waals surface area contributed by atoms with Crippen molar-refractivity contribution in [2.24, 2.45) is 0 Å². The van der Waals surface area contributed by atoms with E-state index in [-0.39, 0.29) is 0 Å². The lowest BCUT2D eigenvalue weighted by atomic mass is 10.3. The summed E-state index contributed by atoms with van der Waals surface area (Å²) < 4.78 is 31.1. The zero-order chi connectivity index (χ0) is 13.6. The third kappa shape index (κ3) is 3.71. The molecule has 0 bridgehead atoms. The SMILES string of the molecule is CCCCN(C)S(=O)(=O)c1ccc(OCC)cc1. The third-order valence-corrected chi connectivity index (χ3v) is 4.54. The number of sulfonamides is 1. The first-order valence-corrected chi connectivity index (χ1v) is 7.65. The van der Waals surface area contributed by atoms with E-state index in [1.165, 1.54) is 4.31 Å². The van der Waals surface area contributed by atoms with Crippen molar-refractivity contribution in [1.82, 2.24) is 4.31 Å². The van der Waals surface area contributed by atoms with Crippen molar-refractivity contribution in [2.45, 2.75) is 31.6 Å². The van der Waals surface area contributed by atoms with E-state index in [2.05, 4.69) is 0 Å². The monoisotopic (exact) mass is 271 g/mol. The van der Waals surface area contributed by atoms with Gasteiger partial charge in [0.05, 0.1) is 11.5 Å². The number of ether oxygens (including phenoxy) is 1. The maximum Gasteiger partial charge on any atom is 0.242 e. The van der Waals surface area contributed by atoms with Gasteiger partial charge in [-0.1, -0.05) is 13.3 Å². The van der Waals surface area contributed by atoms with Crippen molar-refractivity contribution in [1.29, 1.82) is 0 Å². The van der Waals surface area contributed by atoms with Crippen LogP contribution in [-0.2, 0) is 10.0 Å². The summed E-state index contributed by atoms with van der Waals surface area (Å²) in [5.74, 6) is 0.688. The minimum Gasteiger partial charge on any atom is -0.494 e. The van der Waals surface area contributed by atoms with Gasteiger partial charge in [0.15, 0.2) is 0 Å². The predicted octanol–water partition coefficient (Wildman–Crippen LogP) is 2.51. The van der Waals surface area contributed by atoms with E-state index in [0.717, 1.165) is 12.8 Å². The number of nitrogens with zero attached hydrogens (tertiary/aromatic N) is 1. The normalized spacial score (nSPS) is 11.8. The second-order valence-corrected chi connectivity index (χ2v) is 6.13. The summed E-state index contributed by atoms with van der Waals surface area (Å²) in [6.45, 7) is 5.05. The van der Waals surface area contributed by atoms with Gasteiger partial charge in [0, 0.05) is 13.6 Å². The summed E-state index contributed by atoms with van der Waals surface area (Å²) in [4.78, 5) is 0.310. The van der Waals surface area contributed by atoms with Crippen molar-refractivity contribution < 1.29 is 13.2 Å². The minimum absolute atomic E-state index is 0.310. The molecule has 0 radical (unpaired) electrons. The maximum atomic E-state index is 12.2. The number of unbranched alkanes of at least 4 members (excludes halogenated alkanes) is 1. The Morgan fingerprint density at radius 1 is 1.17 bits per heavy atom. The Morgan fingerprint density at radius 3 is 2.28 bits per heavy atom. The summed E-state index contributed by atoms with van der Waals surface area (Å²) in [5, 5.41) is 0. The van der Waals surface area contributed by atoms with Crippen LogP contribution in [0.3, 0.4) is 0 Å². The summed E-state index contributed by atoms with van der Waals surface area (Å²) >= 11 is 0. The van der Waals surface area contributed by atoms with Crippen LogP contribution in [0.5, 0.6) is 5.75 Å². The largest absolute Gasteiger partial charge is 0.494 e. The quantitative estimate of drug-likeness (QED) is 0.765. The Morgan fingerprint density at radius 2 is 1.78 bits per heavy atom. The second kappa shape index (κ2) is 6.75. The molecule has 0 atom stereocenters. The molecule has 102 valence electrons. The molecule has 1 aromatic carbocycles. The summed E-state index contributed by atoms with van der Waals surface area (Å²) in [6.07, 6.45) is 1.84. The predicted molar refractivity (Wildman–Crippen MR) is 72.3 cm³/mol. The Bertz CT molecular complexity index is 454. The highest BCUT2D eigenvalue weighted by molar-refractivity contribution is 7.89. The lowest BCUT2D eigenvalue weighted by Crippen LogP contribution is -2.27. The number of hydrogen-bond donors (Lipinski definition) is 0. The van der Waals surface area contributed by atoms with Crippen molar-refractivity contribution in [2.75, 3.05) is 20.2 Å². The zero-order valence-electron chi connectivity index (χ0n) is 11.2. The van der Waals surface area contributed by atoms with Crippen LogP contribution < -0.4 is 4.74 Å². The highest BCUT2D eigenvalue weighted by Crippen LogP contribution is 2.19. The van der Waals surface area contributed by atoms with Crippen LogP contribution in [0.1, 0.15) is 26.7 Å². The van der Waals surface area contributed by atoms with Crippen LogP contribution in [0, 0.1) is 0 Å². The van der Waals surface area contributed by atoms with E-state index in [9.17, 15) is 8.42 Å². The number of rotatable bonds is 7. The van der Waals surface area contributed by atoms with Crippen molar-refractivity contribution in [3.05, 3.63) is 24.3 Å². The first-order valence-electron chi connectivity index (χ1n) is 6.21. The average Bonchev–Trinajstić information content (AvgIpc) is 2.37. The molecule has 0 aliphatic heterocycles. The van der Waals surface area contributed by atoms with E-state index in [1.54, 1.807) is 31.3 Å². The fraction of sp³-hybridized carbons (Fsp3) is 0.538. The van der Waals surface area contributed by atoms with Gasteiger partial charge in [0.25, 0.3) is 0 Å². The van der Waals surface area contributed by atoms with Crippen LogP contribution in [-0.4, -0.2) is 32.9 Å². The van der Waals surface area contributed by atoms with Gasteiger partial charge < -0.3 is 4.74 Å². The van der Waals surface area contributed by atoms with E-state index in [1.807, 2.05) is 13.8 Å². The molecule has 0 N–H and O–H groups in total. The Balaban J connectivity index is 2.84. The standard InChI is InChI=1S/C13H21NO3S/c1-4-6-11-14(3)18(15,16)13-9-7-12(8-10-13)17-5-2/h7-10H,4-6,11H2,1-3H3. The van der Waals surface area contributed by atoms with E-state index < -0.39 is 10.0 Å². The first kappa shape index (κ1) is 15.0. The number of benzene rings is 1. The molecule has 0 heterocycles. The molecule has 1 rings (SSSR count). The van der Waals surface area contributed by atoms with Crippen molar-refractivity contribution >= 4 is 10.0 Å². The van der Waals surface area contributed by atoms with Crippen LogP contribution >= 0.6 is 0 Å². The lowest BCUT2D eigenvalue weighted by Gasteiger charge is -2.16. The van der Waals surface area contributed by atoms with Crippen LogP contribution in [0.25, 0.3) is 0 Å². The molecule has 0 saturated heterocycles. The highest BCUT2D eigenvalue weighted by atomic mass is 32.2. The number of hydrogen-bond acceptors (Lipinski definition) is 3. The summed E-state index contributed by atoms with van der Waals surface area (Å²) in [7, 11) is -1.75. The van der Waals surface area contributed by atoms with Gasteiger partial charge in [0.1, 0.15) is 5.75 Å². The summed E-state index contributed by atoms with van der Waals surface area (Å²) in [6, 6.07) is 6.54. The molecule has 18 heavy (non-hydrogen) atoms. The molecular weight excluding hydrogens is 250 g/mol. The molecular formula is C13H21NO3S. The molecule has 0 unspecified atom stereocenters. The molecule has 0 aliphatic carbocycles. The fourth-order valence-electron chi connectivity index (χ4n) is 1.56. The van der Waals surface area contributed by atoms with Crippen molar-refractivity contribution in [3.8, 4) is 5.75 Å². The van der Waals surface area contributed by atoms with Gasteiger partial charge in [0.2, 0.25) is 10.0 Å². The smallest absolute Gasteiger partial charge is 0.242 e. The molecule has 0 amide bonds. The minimum atomic E-state index is -3.37. The van der Waals surface area contributed by atoms with E-state index in [4.69, 9.17) is 4.74 Å². The molecule has 0 spiro atoms. The van der Waals surface area contributed by atoms with Gasteiger partial charge >= 0.3 is 0 Å². The maximum absolute atomic E-state index is 12.2. The first-order chi connectivity index (χ1) is 8.52. The molecule has 0 aromatic heterocycles. The zero-order valence-corrected chi connectivity index (χ0v) is 12.0. The van der Waals surface area contributed by atoms with Crippen LogP contribution in [0.15, 0.2) is 29.2 Å². The molecule has 4 nitrogen and oxygen atoms in total. The molecule has 1 aromatic rings. The van der Waals surface area contributed by atoms with Gasteiger partial charge in [-0.05, 0) is 37.6 Å². The Hall–Kier alpha value is -1.07.